The van der Waals surface area contributed by atoms with E-state index in [0.29, 0.717) is 21.3 Å². The van der Waals surface area contributed by atoms with Crippen LogP contribution in [0.15, 0.2) is 48.7 Å². The van der Waals surface area contributed by atoms with Gasteiger partial charge in [-0.1, -0.05) is 52.3 Å². The second kappa shape index (κ2) is 11.3. The normalized spacial score (nSPS) is 12.9. The van der Waals surface area contributed by atoms with E-state index < -0.39 is 24.0 Å². The number of esters is 1. The second-order valence-corrected chi connectivity index (χ2v) is 8.80. The van der Waals surface area contributed by atoms with Gasteiger partial charge in [0.25, 0.3) is 5.91 Å². The summed E-state index contributed by atoms with van der Waals surface area (Å²) in [6.45, 7) is 3.35. The van der Waals surface area contributed by atoms with E-state index in [9.17, 15) is 19.9 Å². The highest BCUT2D eigenvalue weighted by Gasteiger charge is 2.25. The third kappa shape index (κ3) is 6.93. The Morgan fingerprint density at radius 3 is 2.47 bits per heavy atom. The van der Waals surface area contributed by atoms with Crippen LogP contribution in [0.25, 0.3) is 11.1 Å². The molecular weight excluding hydrogens is 483 g/mol. The lowest BCUT2D eigenvalue weighted by molar-refractivity contribution is -0.158. The maximum Gasteiger partial charge on any atom is 0.335 e. The summed E-state index contributed by atoms with van der Waals surface area (Å²) in [5.74, 6) is -1.39. The maximum atomic E-state index is 12.5. The van der Waals surface area contributed by atoms with Crippen molar-refractivity contribution >= 4 is 35.1 Å². The summed E-state index contributed by atoms with van der Waals surface area (Å²) in [6.07, 6.45) is -0.577. The van der Waals surface area contributed by atoms with E-state index in [4.69, 9.17) is 27.9 Å². The molecule has 0 saturated carbocycles. The molecule has 0 saturated heterocycles. The molecule has 2 atom stereocenters. The number of nitrogens with one attached hydrogen (secondary N) is 1. The number of aliphatic hydroxyl groups excluding tert-OH is 1. The van der Waals surface area contributed by atoms with Gasteiger partial charge in [0.1, 0.15) is 0 Å². The van der Waals surface area contributed by atoms with Crippen molar-refractivity contribution in [3.05, 3.63) is 70.0 Å². The van der Waals surface area contributed by atoms with Gasteiger partial charge in [0.15, 0.2) is 11.8 Å². The minimum atomic E-state index is -1.44. The van der Waals surface area contributed by atoms with E-state index in [1.54, 1.807) is 32.0 Å². The number of carbonyl (C=O) groups excluding carboxylic acids is 2. The minimum Gasteiger partial charge on any atom is -0.461 e. The molecular formula is C23H24Cl2N4O5. The Balaban J connectivity index is 1.77. The number of benzene rings is 2. The monoisotopic (exact) mass is 506 g/mol. The number of hydrogen-bond donors (Lipinski definition) is 3. The highest BCUT2D eigenvalue weighted by molar-refractivity contribution is 6.35. The Labute approximate surface area is 206 Å². The van der Waals surface area contributed by atoms with Gasteiger partial charge in [0.05, 0.1) is 12.3 Å². The Kier molecular flexibility index (Phi) is 8.49. The predicted molar refractivity (Wildman–Crippen MR) is 126 cm³/mol. The maximum absolute atomic E-state index is 12.5. The first-order valence-corrected chi connectivity index (χ1v) is 11.2. The Morgan fingerprint density at radius 1 is 1.15 bits per heavy atom. The van der Waals surface area contributed by atoms with Crippen molar-refractivity contribution in [2.45, 2.75) is 44.9 Å². The molecule has 0 spiro atoms. The summed E-state index contributed by atoms with van der Waals surface area (Å²) in [5.41, 5.74) is 2.36. The van der Waals surface area contributed by atoms with Crippen LogP contribution in [0.1, 0.15) is 36.3 Å². The van der Waals surface area contributed by atoms with Gasteiger partial charge in [-0.25, -0.2) is 4.79 Å². The highest BCUT2D eigenvalue weighted by Crippen LogP contribution is 2.30. The first kappa shape index (κ1) is 25.5. The van der Waals surface area contributed by atoms with Crippen LogP contribution in [0.2, 0.25) is 10.0 Å². The minimum absolute atomic E-state index is 0.0908. The number of aliphatic hydroxyl groups is 1. The van der Waals surface area contributed by atoms with E-state index in [2.05, 4.69) is 15.6 Å². The van der Waals surface area contributed by atoms with E-state index >= 15 is 0 Å². The number of carbonyl (C=O) groups is 2. The molecule has 1 amide bonds. The number of ether oxygens (including phenoxy) is 1. The molecule has 0 aliphatic rings. The largest absolute Gasteiger partial charge is 0.461 e. The van der Waals surface area contributed by atoms with Crippen molar-refractivity contribution in [1.82, 2.24) is 20.5 Å². The Hall–Kier alpha value is -3.14. The molecule has 0 aliphatic heterocycles. The molecule has 180 valence electrons. The first-order chi connectivity index (χ1) is 16.1. The number of halogens is 2. The average molecular weight is 507 g/mol. The van der Waals surface area contributed by atoms with Crippen molar-refractivity contribution in [1.29, 1.82) is 0 Å². The van der Waals surface area contributed by atoms with Gasteiger partial charge in [-0.3, -0.25) is 4.79 Å². The molecule has 0 radical (unpaired) electrons. The number of nitrogens with zero attached hydrogens (tertiary/aromatic N) is 3. The van der Waals surface area contributed by atoms with E-state index in [0.717, 1.165) is 22.9 Å². The van der Waals surface area contributed by atoms with E-state index in [-0.39, 0.29) is 18.2 Å². The van der Waals surface area contributed by atoms with Gasteiger partial charge in [-0.05, 0) is 54.8 Å². The average Bonchev–Trinajstić information content (AvgIpc) is 3.22. The molecule has 0 fully saturated rings. The van der Waals surface area contributed by atoms with Crippen molar-refractivity contribution in [2.24, 2.45) is 0 Å². The molecule has 11 heteroatoms. The number of amides is 1. The summed E-state index contributed by atoms with van der Waals surface area (Å²) in [4.78, 5) is 25.0. The van der Waals surface area contributed by atoms with Gasteiger partial charge in [-0.15, -0.1) is 5.10 Å². The lowest BCUT2D eigenvalue weighted by atomic mass is 9.97. The second-order valence-electron chi connectivity index (χ2n) is 7.96. The van der Waals surface area contributed by atoms with Crippen LogP contribution in [0, 0.1) is 0 Å². The summed E-state index contributed by atoms with van der Waals surface area (Å²) in [7, 11) is 0. The van der Waals surface area contributed by atoms with Crippen LogP contribution < -0.4 is 5.32 Å². The molecule has 2 aromatic carbocycles. The molecule has 3 rings (SSSR count). The molecule has 1 heterocycles. The van der Waals surface area contributed by atoms with E-state index in [1.165, 1.54) is 0 Å². The third-order valence-electron chi connectivity index (χ3n) is 4.86. The van der Waals surface area contributed by atoms with Crippen molar-refractivity contribution in [3.63, 3.8) is 0 Å². The fourth-order valence-corrected chi connectivity index (χ4v) is 3.71. The molecule has 34 heavy (non-hydrogen) atoms. The van der Waals surface area contributed by atoms with Crippen LogP contribution in [0.5, 0.6) is 0 Å². The summed E-state index contributed by atoms with van der Waals surface area (Å²) < 4.78 is 5.06. The van der Waals surface area contributed by atoms with Gasteiger partial charge >= 0.3 is 5.97 Å². The quantitative estimate of drug-likeness (QED) is 0.299. The molecule has 0 unspecified atom stereocenters. The standard InChI is InChI=1S/C23H24Cl2N4O5/c1-13(2)34-23(32)21(30)11-17(26-22(31)20-12-29(33)28-27-20)9-14-3-5-15(6-4-14)18-10-16(24)7-8-19(18)25/h3-8,10,12-13,17,21,30,33H,9,11H2,1-2H3,(H,26,31)/t17-,21-/m1/s1. The van der Waals surface area contributed by atoms with Crippen LogP contribution >= 0.6 is 23.2 Å². The SMILES string of the molecule is CC(C)OC(=O)[C@H](O)C[C@@H](Cc1ccc(-c2cc(Cl)ccc2Cl)cc1)NC(=O)c1cn(O)nn1. The number of rotatable bonds is 9. The lowest BCUT2D eigenvalue weighted by Crippen LogP contribution is -2.41. The zero-order valence-corrected chi connectivity index (χ0v) is 20.0. The molecule has 3 N–H and O–H groups in total. The zero-order valence-electron chi connectivity index (χ0n) is 18.5. The topological polar surface area (TPSA) is 127 Å². The van der Waals surface area contributed by atoms with Gasteiger partial charge in [0.2, 0.25) is 0 Å². The Morgan fingerprint density at radius 2 is 1.85 bits per heavy atom. The Bertz CT molecular complexity index is 1150. The highest BCUT2D eigenvalue weighted by atomic mass is 35.5. The molecule has 9 nitrogen and oxygen atoms in total. The lowest BCUT2D eigenvalue weighted by Gasteiger charge is -2.21. The van der Waals surface area contributed by atoms with Crippen molar-refractivity contribution in [3.8, 4) is 11.1 Å². The van der Waals surface area contributed by atoms with Gasteiger partial charge in [-0.2, -0.15) is 0 Å². The van der Waals surface area contributed by atoms with E-state index in [1.807, 2.05) is 24.3 Å². The molecule has 3 aromatic rings. The predicted octanol–water partition coefficient (Wildman–Crippen LogP) is 3.53. The van der Waals surface area contributed by atoms with Crippen molar-refractivity contribution < 1.29 is 24.6 Å². The van der Waals surface area contributed by atoms with Crippen LogP contribution in [-0.4, -0.2) is 55.6 Å². The molecule has 1 aromatic heterocycles. The fraction of sp³-hybridized carbons (Fsp3) is 0.304. The van der Waals surface area contributed by atoms with Crippen LogP contribution in [0.4, 0.5) is 0 Å². The fourth-order valence-electron chi connectivity index (χ4n) is 3.31. The van der Waals surface area contributed by atoms with Gasteiger partial charge in [0, 0.05) is 28.1 Å². The zero-order chi connectivity index (χ0) is 24.8. The van der Waals surface area contributed by atoms with Crippen molar-refractivity contribution in [2.75, 3.05) is 0 Å². The number of hydrogen-bond acceptors (Lipinski definition) is 7. The van der Waals surface area contributed by atoms with Gasteiger partial charge < -0.3 is 20.4 Å². The number of aromatic nitrogens is 3. The van der Waals surface area contributed by atoms with Crippen LogP contribution in [0.3, 0.4) is 0 Å². The third-order valence-corrected chi connectivity index (χ3v) is 5.42. The summed E-state index contributed by atoms with van der Waals surface area (Å²) in [6, 6.07) is 12.0. The smallest absolute Gasteiger partial charge is 0.335 e. The van der Waals surface area contributed by atoms with Crippen LogP contribution in [-0.2, 0) is 16.0 Å². The summed E-state index contributed by atoms with van der Waals surface area (Å²) in [5, 5.41) is 30.3. The first-order valence-electron chi connectivity index (χ1n) is 10.5. The molecule has 0 bridgehead atoms. The molecule has 0 aliphatic carbocycles. The summed E-state index contributed by atoms with van der Waals surface area (Å²) >= 11 is 12.4.